The molecule has 2 aromatic rings. The van der Waals surface area contributed by atoms with Crippen LogP contribution in [-0.4, -0.2) is 41.9 Å². The van der Waals surface area contributed by atoms with Crippen LogP contribution in [0.15, 0.2) is 42.6 Å². The third-order valence-electron chi connectivity index (χ3n) is 4.88. The van der Waals surface area contributed by atoms with E-state index < -0.39 is 0 Å². The van der Waals surface area contributed by atoms with Gasteiger partial charge in [0.05, 0.1) is 6.61 Å². The molecule has 124 valence electrons. The number of hydrogen-bond donors (Lipinski definition) is 0. The van der Waals surface area contributed by atoms with Gasteiger partial charge in [0, 0.05) is 48.7 Å². The van der Waals surface area contributed by atoms with Gasteiger partial charge < -0.3 is 9.30 Å². The number of ether oxygens (including phenoxy) is 1. The van der Waals surface area contributed by atoms with E-state index in [-0.39, 0.29) is 18.8 Å². The van der Waals surface area contributed by atoms with Crippen LogP contribution in [0.1, 0.15) is 29.3 Å². The van der Waals surface area contributed by atoms with Crippen molar-refractivity contribution < 1.29 is 9.13 Å². The molecule has 1 saturated heterocycles. The lowest BCUT2D eigenvalue weighted by molar-refractivity contribution is -0.0888. The lowest BCUT2D eigenvalue weighted by Crippen LogP contribution is -2.50. The normalized spacial score (nSPS) is 23.0. The molecule has 3 heterocycles. The quantitative estimate of drug-likeness (QED) is 0.790. The highest BCUT2D eigenvalue weighted by molar-refractivity contribution is 5.43. The van der Waals surface area contributed by atoms with Crippen LogP contribution in [0.25, 0.3) is 0 Å². The van der Waals surface area contributed by atoms with Gasteiger partial charge in [-0.3, -0.25) is 4.90 Å². The second-order valence-electron chi connectivity index (χ2n) is 6.34. The molecule has 1 fully saturated rings. The Hall–Kier alpha value is -2.09. The average Bonchev–Trinajstić information content (AvgIpc) is 3.05. The van der Waals surface area contributed by atoms with Crippen molar-refractivity contribution in [1.82, 2.24) is 9.47 Å². The maximum atomic E-state index is 12.8. The van der Waals surface area contributed by atoms with Gasteiger partial charge in [0.2, 0.25) is 0 Å². The monoisotopic (exact) mass is 324 g/mol. The van der Waals surface area contributed by atoms with Gasteiger partial charge in [0.25, 0.3) is 0 Å². The van der Waals surface area contributed by atoms with Gasteiger partial charge >= 0.3 is 0 Å². The van der Waals surface area contributed by atoms with Gasteiger partial charge in [-0.2, -0.15) is 0 Å². The molecule has 2 aliphatic heterocycles. The maximum absolute atomic E-state index is 12.8. The largest absolute Gasteiger partial charge is 0.369 e. The van der Waals surface area contributed by atoms with Crippen molar-refractivity contribution in [2.24, 2.45) is 0 Å². The van der Waals surface area contributed by atoms with Crippen LogP contribution in [0.4, 0.5) is 4.39 Å². The molecule has 2 aliphatic rings. The molecule has 0 aliphatic carbocycles. The van der Waals surface area contributed by atoms with Gasteiger partial charge in [0.15, 0.2) is 0 Å². The molecular weight excluding hydrogens is 303 g/mol. The molecule has 2 atom stereocenters. The molecule has 4 heteroatoms. The third kappa shape index (κ3) is 2.98. The zero-order valence-electron chi connectivity index (χ0n) is 13.6. The fourth-order valence-corrected chi connectivity index (χ4v) is 3.73. The third-order valence-corrected chi connectivity index (χ3v) is 4.88. The number of morpholine rings is 1. The van der Waals surface area contributed by atoms with Crippen LogP contribution < -0.4 is 0 Å². The average molecular weight is 324 g/mol. The minimum atomic E-state index is -0.294. The van der Waals surface area contributed by atoms with Crippen LogP contribution >= 0.6 is 0 Å². The SMILES string of the molecule is FCCN1CCO[C@H]2c3cc(C#Cc4ccccc4)cn3CC[C@H]21. The molecule has 1 aromatic carbocycles. The minimum Gasteiger partial charge on any atom is -0.369 e. The number of fused-ring (bicyclic) bond motifs is 3. The summed E-state index contributed by atoms with van der Waals surface area (Å²) in [6, 6.07) is 12.4. The lowest BCUT2D eigenvalue weighted by Gasteiger charge is -2.43. The van der Waals surface area contributed by atoms with Crippen LogP contribution in [-0.2, 0) is 11.3 Å². The van der Waals surface area contributed by atoms with Gasteiger partial charge in [-0.05, 0) is 24.6 Å². The van der Waals surface area contributed by atoms with E-state index in [4.69, 9.17) is 4.74 Å². The first kappa shape index (κ1) is 15.4. The van der Waals surface area contributed by atoms with Gasteiger partial charge in [-0.15, -0.1) is 0 Å². The van der Waals surface area contributed by atoms with E-state index in [0.717, 1.165) is 30.6 Å². The fraction of sp³-hybridized carbons (Fsp3) is 0.400. The molecule has 0 amide bonds. The predicted octanol–water partition coefficient (Wildman–Crippen LogP) is 3.00. The molecule has 0 radical (unpaired) electrons. The Morgan fingerprint density at radius 1 is 1.12 bits per heavy atom. The number of hydrogen-bond acceptors (Lipinski definition) is 2. The molecule has 1 aromatic heterocycles. The summed E-state index contributed by atoms with van der Waals surface area (Å²) < 4.78 is 21.1. The molecule has 0 N–H and O–H groups in total. The van der Waals surface area contributed by atoms with E-state index >= 15 is 0 Å². The molecular formula is C20H21FN2O. The molecule has 0 saturated carbocycles. The predicted molar refractivity (Wildman–Crippen MR) is 91.5 cm³/mol. The van der Waals surface area contributed by atoms with Crippen molar-refractivity contribution in [2.45, 2.75) is 25.1 Å². The Morgan fingerprint density at radius 3 is 2.79 bits per heavy atom. The van der Waals surface area contributed by atoms with Crippen molar-refractivity contribution in [1.29, 1.82) is 0 Å². The lowest BCUT2D eigenvalue weighted by atomic mass is 9.97. The Bertz CT molecular complexity index is 757. The minimum absolute atomic E-state index is 0.0336. The van der Waals surface area contributed by atoms with E-state index in [9.17, 15) is 4.39 Å². The van der Waals surface area contributed by atoms with Crippen LogP contribution in [0.2, 0.25) is 0 Å². The second-order valence-corrected chi connectivity index (χ2v) is 6.34. The van der Waals surface area contributed by atoms with E-state index in [0.29, 0.717) is 13.2 Å². The summed E-state index contributed by atoms with van der Waals surface area (Å²) in [5.41, 5.74) is 3.20. The maximum Gasteiger partial charge on any atom is 0.113 e. The summed E-state index contributed by atoms with van der Waals surface area (Å²) in [4.78, 5) is 2.24. The number of halogens is 1. The fourth-order valence-electron chi connectivity index (χ4n) is 3.73. The number of rotatable bonds is 2. The summed E-state index contributed by atoms with van der Waals surface area (Å²) in [5.74, 6) is 6.46. The van der Waals surface area contributed by atoms with Crippen molar-refractivity contribution in [3.8, 4) is 11.8 Å². The highest BCUT2D eigenvalue weighted by atomic mass is 19.1. The Morgan fingerprint density at radius 2 is 1.96 bits per heavy atom. The van der Waals surface area contributed by atoms with Crippen molar-refractivity contribution >= 4 is 0 Å². The van der Waals surface area contributed by atoms with E-state index in [1.807, 2.05) is 30.3 Å². The summed E-state index contributed by atoms with van der Waals surface area (Å²) in [7, 11) is 0. The first-order chi connectivity index (χ1) is 11.8. The number of benzene rings is 1. The van der Waals surface area contributed by atoms with Crippen LogP contribution in [0.3, 0.4) is 0 Å². The first-order valence-electron chi connectivity index (χ1n) is 8.54. The Balaban J connectivity index is 1.58. The summed E-state index contributed by atoms with van der Waals surface area (Å²) in [6.45, 7) is 2.64. The molecule has 0 spiro atoms. The van der Waals surface area contributed by atoms with Crippen molar-refractivity contribution in [2.75, 3.05) is 26.4 Å². The second kappa shape index (κ2) is 6.80. The molecule has 24 heavy (non-hydrogen) atoms. The summed E-state index contributed by atoms with van der Waals surface area (Å²) in [5, 5.41) is 0. The van der Waals surface area contributed by atoms with E-state index in [2.05, 4.69) is 33.6 Å². The zero-order valence-corrected chi connectivity index (χ0v) is 13.6. The summed E-state index contributed by atoms with van der Waals surface area (Å²) >= 11 is 0. The van der Waals surface area contributed by atoms with E-state index in [1.165, 1.54) is 5.69 Å². The van der Waals surface area contributed by atoms with Crippen molar-refractivity contribution in [3.63, 3.8) is 0 Å². The Labute approximate surface area is 142 Å². The van der Waals surface area contributed by atoms with Gasteiger partial charge in [0.1, 0.15) is 12.8 Å². The summed E-state index contributed by atoms with van der Waals surface area (Å²) in [6.07, 6.45) is 3.14. The number of aromatic nitrogens is 1. The molecule has 0 bridgehead atoms. The smallest absolute Gasteiger partial charge is 0.113 e. The Kier molecular flexibility index (Phi) is 4.38. The number of nitrogens with zero attached hydrogens (tertiary/aromatic N) is 2. The highest BCUT2D eigenvalue weighted by Gasteiger charge is 2.37. The first-order valence-corrected chi connectivity index (χ1v) is 8.54. The number of alkyl halides is 1. The van der Waals surface area contributed by atoms with Crippen LogP contribution in [0, 0.1) is 11.8 Å². The number of aryl methyl sites for hydroxylation is 1. The standard InChI is InChI=1S/C20H21FN2O/c21-9-11-22-12-13-24-20-18(22)8-10-23-15-17(14-19(20)23)7-6-16-4-2-1-3-5-16/h1-5,14-15,18,20H,8-13H2/t18-,20-/m1/s1. The molecule has 0 unspecified atom stereocenters. The molecule has 3 nitrogen and oxygen atoms in total. The van der Waals surface area contributed by atoms with Crippen molar-refractivity contribution in [3.05, 3.63) is 59.4 Å². The van der Waals surface area contributed by atoms with Gasteiger partial charge in [-0.1, -0.05) is 30.0 Å². The topological polar surface area (TPSA) is 17.4 Å². The van der Waals surface area contributed by atoms with E-state index in [1.54, 1.807) is 0 Å². The highest BCUT2D eigenvalue weighted by Crippen LogP contribution is 2.35. The van der Waals surface area contributed by atoms with Gasteiger partial charge in [-0.25, -0.2) is 4.39 Å². The molecule has 4 rings (SSSR count). The van der Waals surface area contributed by atoms with Crippen LogP contribution in [0.5, 0.6) is 0 Å². The zero-order chi connectivity index (χ0) is 16.4.